The summed E-state index contributed by atoms with van der Waals surface area (Å²) < 4.78 is 0. The predicted octanol–water partition coefficient (Wildman–Crippen LogP) is 2.24. The van der Waals surface area contributed by atoms with E-state index < -0.39 is 17.9 Å². The molecular weight excluding hydrogens is 242 g/mol. The fraction of sp³-hybridized carbons (Fsp3) is 0.333. The highest BCUT2D eigenvalue weighted by Gasteiger charge is 2.18. The van der Waals surface area contributed by atoms with E-state index in [0.29, 0.717) is 17.0 Å². The molecule has 17 heavy (non-hydrogen) atoms. The maximum atomic E-state index is 11.8. The van der Waals surface area contributed by atoms with Gasteiger partial charge in [0.25, 0.3) is 5.91 Å². The lowest BCUT2D eigenvalue weighted by Crippen LogP contribution is -2.40. The number of rotatable bonds is 4. The lowest BCUT2D eigenvalue weighted by atomic mass is 10.1. The first-order valence-corrected chi connectivity index (χ1v) is 5.63. The van der Waals surface area contributed by atoms with Gasteiger partial charge < -0.3 is 10.4 Å². The molecule has 0 bridgehead atoms. The minimum atomic E-state index is -1.04. The summed E-state index contributed by atoms with van der Waals surface area (Å²) in [5.74, 6) is -1.44. The number of aliphatic carboxylic acids is 1. The molecule has 0 spiro atoms. The van der Waals surface area contributed by atoms with E-state index in [1.165, 1.54) is 0 Å². The molecule has 0 unspecified atom stereocenters. The van der Waals surface area contributed by atoms with E-state index in [0.717, 1.165) is 5.56 Å². The second-order valence-electron chi connectivity index (χ2n) is 3.74. The molecule has 1 atom stereocenters. The second kappa shape index (κ2) is 5.68. The highest BCUT2D eigenvalue weighted by Crippen LogP contribution is 2.16. The molecule has 0 aromatic heterocycles. The number of hydrogen-bond acceptors (Lipinski definition) is 2. The summed E-state index contributed by atoms with van der Waals surface area (Å²) in [7, 11) is 0. The van der Waals surface area contributed by atoms with Crippen molar-refractivity contribution in [3.8, 4) is 0 Å². The number of nitrogens with one attached hydrogen (secondary N) is 1. The summed E-state index contributed by atoms with van der Waals surface area (Å²) in [4.78, 5) is 22.5. The van der Waals surface area contributed by atoms with Crippen molar-refractivity contribution in [2.75, 3.05) is 0 Å². The molecule has 0 heterocycles. The number of carbonyl (C=O) groups is 2. The van der Waals surface area contributed by atoms with Gasteiger partial charge in [0, 0.05) is 10.6 Å². The van der Waals surface area contributed by atoms with Crippen LogP contribution in [0, 0.1) is 6.92 Å². The summed E-state index contributed by atoms with van der Waals surface area (Å²) >= 11 is 5.84. The Kier molecular flexibility index (Phi) is 4.52. The minimum Gasteiger partial charge on any atom is -0.480 e. The highest BCUT2D eigenvalue weighted by atomic mass is 35.5. The Bertz CT molecular complexity index is 445. The minimum absolute atomic E-state index is 0.341. The van der Waals surface area contributed by atoms with E-state index in [-0.39, 0.29) is 0 Å². The Labute approximate surface area is 105 Å². The summed E-state index contributed by atoms with van der Waals surface area (Å²) in [6.45, 7) is 3.49. The molecule has 2 N–H and O–H groups in total. The molecule has 92 valence electrons. The Hall–Kier alpha value is -1.55. The van der Waals surface area contributed by atoms with Crippen molar-refractivity contribution < 1.29 is 14.7 Å². The summed E-state index contributed by atoms with van der Waals surface area (Å²) in [5, 5.41) is 11.9. The maximum Gasteiger partial charge on any atom is 0.326 e. The molecule has 0 saturated heterocycles. The van der Waals surface area contributed by atoms with E-state index in [9.17, 15) is 9.59 Å². The van der Waals surface area contributed by atoms with Gasteiger partial charge in [0.1, 0.15) is 6.04 Å². The molecule has 0 aliphatic rings. The third kappa shape index (κ3) is 3.46. The third-order valence-corrected chi connectivity index (χ3v) is 2.86. The van der Waals surface area contributed by atoms with Crippen molar-refractivity contribution in [3.05, 3.63) is 34.3 Å². The molecule has 1 aromatic rings. The van der Waals surface area contributed by atoms with Gasteiger partial charge in [-0.1, -0.05) is 18.5 Å². The van der Waals surface area contributed by atoms with E-state index >= 15 is 0 Å². The van der Waals surface area contributed by atoms with Crippen molar-refractivity contribution in [3.63, 3.8) is 0 Å². The van der Waals surface area contributed by atoms with Crippen molar-refractivity contribution >= 4 is 23.5 Å². The predicted molar refractivity (Wildman–Crippen MR) is 65.4 cm³/mol. The van der Waals surface area contributed by atoms with Crippen LogP contribution in [0.15, 0.2) is 18.2 Å². The molecule has 0 fully saturated rings. The van der Waals surface area contributed by atoms with Crippen LogP contribution in [0.5, 0.6) is 0 Å². The zero-order valence-electron chi connectivity index (χ0n) is 9.66. The molecule has 1 amide bonds. The standard InChI is InChI=1S/C12H14ClNO3/c1-3-10(12(16)17)14-11(15)8-4-5-9(13)7(2)6-8/h4-6,10H,3H2,1-2H3,(H,14,15)(H,16,17)/t10-/m0/s1. The van der Waals surface area contributed by atoms with E-state index in [1.54, 1.807) is 32.0 Å². The molecule has 1 rings (SSSR count). The summed E-state index contributed by atoms with van der Waals surface area (Å²) in [6, 6.07) is 3.96. The number of aryl methyl sites for hydroxylation is 1. The largest absolute Gasteiger partial charge is 0.480 e. The van der Waals surface area contributed by atoms with Gasteiger partial charge in [0.2, 0.25) is 0 Å². The van der Waals surface area contributed by atoms with Crippen LogP contribution in [0.4, 0.5) is 0 Å². The van der Waals surface area contributed by atoms with Crippen molar-refractivity contribution in [2.24, 2.45) is 0 Å². The third-order valence-electron chi connectivity index (χ3n) is 2.43. The SMILES string of the molecule is CC[C@H](NC(=O)c1ccc(Cl)c(C)c1)C(=O)O. The van der Waals surface area contributed by atoms with Gasteiger partial charge in [-0.3, -0.25) is 4.79 Å². The quantitative estimate of drug-likeness (QED) is 0.867. The number of carboxylic acids is 1. The lowest BCUT2D eigenvalue weighted by molar-refractivity contribution is -0.139. The van der Waals surface area contributed by atoms with E-state index in [1.807, 2.05) is 0 Å². The normalized spacial score (nSPS) is 11.9. The van der Waals surface area contributed by atoms with Crippen LogP contribution in [0.2, 0.25) is 5.02 Å². The fourth-order valence-electron chi connectivity index (χ4n) is 1.37. The van der Waals surface area contributed by atoms with Crippen LogP contribution in [0.25, 0.3) is 0 Å². The molecule has 4 nitrogen and oxygen atoms in total. The van der Waals surface area contributed by atoms with Gasteiger partial charge in [-0.15, -0.1) is 0 Å². The highest BCUT2D eigenvalue weighted by molar-refractivity contribution is 6.31. The number of hydrogen-bond donors (Lipinski definition) is 2. The van der Waals surface area contributed by atoms with Crippen LogP contribution in [0.1, 0.15) is 29.3 Å². The zero-order valence-corrected chi connectivity index (χ0v) is 10.4. The lowest BCUT2D eigenvalue weighted by Gasteiger charge is -2.12. The van der Waals surface area contributed by atoms with Gasteiger partial charge in [-0.05, 0) is 37.1 Å². The second-order valence-corrected chi connectivity index (χ2v) is 4.14. The smallest absolute Gasteiger partial charge is 0.326 e. The molecular formula is C12H14ClNO3. The van der Waals surface area contributed by atoms with Crippen LogP contribution in [-0.2, 0) is 4.79 Å². The first-order valence-electron chi connectivity index (χ1n) is 5.25. The van der Waals surface area contributed by atoms with E-state index in [4.69, 9.17) is 16.7 Å². The van der Waals surface area contributed by atoms with Crippen LogP contribution in [0.3, 0.4) is 0 Å². The first-order chi connectivity index (χ1) is 7.95. The van der Waals surface area contributed by atoms with Gasteiger partial charge >= 0.3 is 5.97 Å². The van der Waals surface area contributed by atoms with Gasteiger partial charge in [-0.25, -0.2) is 4.79 Å². The monoisotopic (exact) mass is 255 g/mol. The number of halogens is 1. The summed E-state index contributed by atoms with van der Waals surface area (Å²) in [6.07, 6.45) is 0.341. The van der Waals surface area contributed by atoms with Gasteiger partial charge in [-0.2, -0.15) is 0 Å². The first kappa shape index (κ1) is 13.5. The Morgan fingerprint density at radius 3 is 2.59 bits per heavy atom. The van der Waals surface area contributed by atoms with Gasteiger partial charge in [0.15, 0.2) is 0 Å². The molecule has 0 radical (unpaired) electrons. The number of amides is 1. The average Bonchev–Trinajstić information content (AvgIpc) is 2.28. The van der Waals surface area contributed by atoms with Crippen molar-refractivity contribution in [2.45, 2.75) is 26.3 Å². The average molecular weight is 256 g/mol. The van der Waals surface area contributed by atoms with Crippen molar-refractivity contribution in [1.82, 2.24) is 5.32 Å². The Balaban J connectivity index is 2.82. The summed E-state index contributed by atoms with van der Waals surface area (Å²) in [5.41, 5.74) is 1.19. The molecule has 0 saturated carbocycles. The molecule has 5 heteroatoms. The topological polar surface area (TPSA) is 66.4 Å². The van der Waals surface area contributed by atoms with Crippen LogP contribution >= 0.6 is 11.6 Å². The van der Waals surface area contributed by atoms with Crippen LogP contribution in [-0.4, -0.2) is 23.0 Å². The maximum absolute atomic E-state index is 11.8. The number of benzene rings is 1. The Morgan fingerprint density at radius 1 is 1.47 bits per heavy atom. The Morgan fingerprint density at radius 2 is 2.12 bits per heavy atom. The molecule has 0 aliphatic heterocycles. The van der Waals surface area contributed by atoms with E-state index in [2.05, 4.69) is 5.32 Å². The van der Waals surface area contributed by atoms with Crippen LogP contribution < -0.4 is 5.32 Å². The number of carbonyl (C=O) groups excluding carboxylic acids is 1. The fourth-order valence-corrected chi connectivity index (χ4v) is 1.48. The molecule has 0 aliphatic carbocycles. The zero-order chi connectivity index (χ0) is 13.0. The molecule has 1 aromatic carbocycles. The van der Waals surface area contributed by atoms with Gasteiger partial charge in [0.05, 0.1) is 0 Å². The number of carboxylic acid groups (broad SMARTS) is 1. The van der Waals surface area contributed by atoms with Crippen molar-refractivity contribution in [1.29, 1.82) is 0 Å².